The highest BCUT2D eigenvalue weighted by atomic mass is 19.1. The van der Waals surface area contributed by atoms with Crippen molar-refractivity contribution in [2.45, 2.75) is 19.8 Å². The van der Waals surface area contributed by atoms with Crippen molar-refractivity contribution in [1.29, 1.82) is 0 Å². The van der Waals surface area contributed by atoms with Crippen molar-refractivity contribution < 1.29 is 13.7 Å². The standard InChI is InChI=1S/C14H17FN4O2/c1-9-2-3-10(8-11(9)15)14-18-13(21-19-14)5-4-12(20)17-7-6-16/h2-3,8H,4-7,16H2,1H3,(H,17,20). The van der Waals surface area contributed by atoms with Crippen LogP contribution in [0.5, 0.6) is 0 Å². The van der Waals surface area contributed by atoms with E-state index in [1.165, 1.54) is 6.07 Å². The van der Waals surface area contributed by atoms with Gasteiger partial charge in [-0.2, -0.15) is 4.98 Å². The van der Waals surface area contributed by atoms with Gasteiger partial charge >= 0.3 is 0 Å². The van der Waals surface area contributed by atoms with Crippen LogP contribution < -0.4 is 11.1 Å². The Morgan fingerprint density at radius 1 is 1.48 bits per heavy atom. The molecule has 112 valence electrons. The molecule has 1 aromatic carbocycles. The number of aromatic nitrogens is 2. The van der Waals surface area contributed by atoms with Gasteiger partial charge in [0.2, 0.25) is 17.6 Å². The van der Waals surface area contributed by atoms with Crippen molar-refractivity contribution >= 4 is 5.91 Å². The lowest BCUT2D eigenvalue weighted by Crippen LogP contribution is -2.29. The van der Waals surface area contributed by atoms with Gasteiger partial charge in [-0.1, -0.05) is 17.3 Å². The number of hydrogen-bond acceptors (Lipinski definition) is 5. The van der Waals surface area contributed by atoms with Crippen LogP contribution in [0.4, 0.5) is 4.39 Å². The quantitative estimate of drug-likeness (QED) is 0.834. The first-order valence-corrected chi connectivity index (χ1v) is 6.66. The topological polar surface area (TPSA) is 94.0 Å². The Morgan fingerprint density at radius 3 is 3.00 bits per heavy atom. The fraction of sp³-hybridized carbons (Fsp3) is 0.357. The smallest absolute Gasteiger partial charge is 0.227 e. The van der Waals surface area contributed by atoms with E-state index >= 15 is 0 Å². The number of nitrogens with two attached hydrogens (primary N) is 1. The molecule has 0 aliphatic carbocycles. The molecular formula is C14H17FN4O2. The number of nitrogens with one attached hydrogen (secondary N) is 1. The van der Waals surface area contributed by atoms with Crippen molar-refractivity contribution in [3.05, 3.63) is 35.5 Å². The van der Waals surface area contributed by atoms with Crippen molar-refractivity contribution in [3.63, 3.8) is 0 Å². The molecule has 1 aromatic heterocycles. The Kier molecular flexibility index (Phi) is 4.99. The maximum absolute atomic E-state index is 13.5. The second kappa shape index (κ2) is 6.94. The summed E-state index contributed by atoms with van der Waals surface area (Å²) in [5, 5.41) is 6.44. The van der Waals surface area contributed by atoms with Crippen molar-refractivity contribution in [1.82, 2.24) is 15.5 Å². The van der Waals surface area contributed by atoms with E-state index in [0.717, 1.165) is 0 Å². The van der Waals surface area contributed by atoms with Crippen molar-refractivity contribution in [2.24, 2.45) is 5.73 Å². The molecule has 0 aliphatic heterocycles. The average molecular weight is 292 g/mol. The van der Waals surface area contributed by atoms with Gasteiger partial charge in [0.15, 0.2) is 0 Å². The maximum atomic E-state index is 13.5. The van der Waals surface area contributed by atoms with E-state index in [9.17, 15) is 9.18 Å². The number of halogens is 1. The van der Waals surface area contributed by atoms with Gasteiger partial charge in [-0.05, 0) is 18.6 Å². The van der Waals surface area contributed by atoms with E-state index in [2.05, 4.69) is 15.5 Å². The molecule has 1 amide bonds. The molecule has 7 heteroatoms. The lowest BCUT2D eigenvalue weighted by Gasteiger charge is -2.00. The second-order valence-corrected chi connectivity index (χ2v) is 4.61. The second-order valence-electron chi connectivity index (χ2n) is 4.61. The molecule has 2 aromatic rings. The van der Waals surface area contributed by atoms with Crippen LogP contribution in [0.25, 0.3) is 11.4 Å². The van der Waals surface area contributed by atoms with Gasteiger partial charge in [0.25, 0.3) is 0 Å². The normalized spacial score (nSPS) is 10.6. The highest BCUT2D eigenvalue weighted by molar-refractivity contribution is 5.76. The highest BCUT2D eigenvalue weighted by Gasteiger charge is 2.11. The molecule has 0 saturated carbocycles. The van der Waals surface area contributed by atoms with Gasteiger partial charge in [-0.15, -0.1) is 0 Å². The molecule has 6 nitrogen and oxygen atoms in total. The third-order valence-corrected chi connectivity index (χ3v) is 2.93. The summed E-state index contributed by atoms with van der Waals surface area (Å²) in [5.74, 6) is 0.210. The van der Waals surface area contributed by atoms with Crippen LogP contribution in [0.1, 0.15) is 17.9 Å². The molecule has 0 saturated heterocycles. The summed E-state index contributed by atoms with van der Waals surface area (Å²) in [7, 11) is 0. The fourth-order valence-corrected chi connectivity index (χ4v) is 1.73. The van der Waals surface area contributed by atoms with Gasteiger partial charge in [-0.25, -0.2) is 4.39 Å². The lowest BCUT2D eigenvalue weighted by molar-refractivity contribution is -0.121. The molecule has 0 fully saturated rings. The van der Waals surface area contributed by atoms with Crippen LogP contribution >= 0.6 is 0 Å². The van der Waals surface area contributed by atoms with E-state index in [1.807, 2.05) is 0 Å². The van der Waals surface area contributed by atoms with Crippen molar-refractivity contribution in [2.75, 3.05) is 13.1 Å². The molecule has 1 heterocycles. The summed E-state index contributed by atoms with van der Waals surface area (Å²) in [6, 6.07) is 4.74. The number of rotatable bonds is 6. The Labute approximate surface area is 121 Å². The summed E-state index contributed by atoms with van der Waals surface area (Å²) in [4.78, 5) is 15.6. The Morgan fingerprint density at radius 2 is 2.29 bits per heavy atom. The zero-order valence-electron chi connectivity index (χ0n) is 11.7. The molecule has 2 rings (SSSR count). The van der Waals surface area contributed by atoms with Gasteiger partial charge < -0.3 is 15.6 Å². The van der Waals surface area contributed by atoms with Crippen LogP contribution in [-0.4, -0.2) is 29.1 Å². The minimum Gasteiger partial charge on any atom is -0.355 e. The SMILES string of the molecule is Cc1ccc(-c2noc(CCC(=O)NCCN)n2)cc1F. The summed E-state index contributed by atoms with van der Waals surface area (Å²) < 4.78 is 18.6. The molecule has 21 heavy (non-hydrogen) atoms. The third kappa shape index (κ3) is 4.09. The number of aryl methyl sites for hydroxylation is 2. The summed E-state index contributed by atoms with van der Waals surface area (Å²) in [5.41, 5.74) is 6.39. The Hall–Kier alpha value is -2.28. The van der Waals surface area contributed by atoms with Crippen LogP contribution in [0.3, 0.4) is 0 Å². The van der Waals surface area contributed by atoms with E-state index < -0.39 is 0 Å². The third-order valence-electron chi connectivity index (χ3n) is 2.93. The van der Waals surface area contributed by atoms with E-state index in [0.29, 0.717) is 42.4 Å². The highest BCUT2D eigenvalue weighted by Crippen LogP contribution is 2.19. The Balaban J connectivity index is 1.98. The predicted octanol–water partition coefficient (Wildman–Crippen LogP) is 1.19. The van der Waals surface area contributed by atoms with Crippen molar-refractivity contribution in [3.8, 4) is 11.4 Å². The molecule has 0 spiro atoms. The summed E-state index contributed by atoms with van der Waals surface area (Å²) in [6.07, 6.45) is 0.571. The summed E-state index contributed by atoms with van der Waals surface area (Å²) in [6.45, 7) is 2.52. The minimum absolute atomic E-state index is 0.124. The monoisotopic (exact) mass is 292 g/mol. The average Bonchev–Trinajstić information content (AvgIpc) is 2.94. The number of nitrogens with zero attached hydrogens (tertiary/aromatic N) is 2. The number of carbonyl (C=O) groups is 1. The lowest BCUT2D eigenvalue weighted by atomic mass is 10.1. The summed E-state index contributed by atoms with van der Waals surface area (Å²) >= 11 is 0. The first-order chi connectivity index (χ1) is 10.1. The largest absolute Gasteiger partial charge is 0.355 e. The predicted molar refractivity (Wildman–Crippen MR) is 74.8 cm³/mol. The van der Waals surface area contributed by atoms with Crippen LogP contribution in [0.2, 0.25) is 0 Å². The number of carbonyl (C=O) groups excluding carboxylic acids is 1. The zero-order chi connectivity index (χ0) is 15.2. The molecule has 0 atom stereocenters. The van der Waals surface area contributed by atoms with E-state index in [-0.39, 0.29) is 18.1 Å². The van der Waals surface area contributed by atoms with Gasteiger partial charge in [0, 0.05) is 31.5 Å². The number of hydrogen-bond donors (Lipinski definition) is 2. The van der Waals surface area contributed by atoms with Gasteiger partial charge in [0.05, 0.1) is 0 Å². The van der Waals surface area contributed by atoms with Gasteiger partial charge in [0.1, 0.15) is 5.82 Å². The maximum Gasteiger partial charge on any atom is 0.227 e. The molecule has 0 aliphatic rings. The number of benzene rings is 1. The Bertz CT molecular complexity index is 627. The van der Waals surface area contributed by atoms with Gasteiger partial charge in [-0.3, -0.25) is 4.79 Å². The minimum atomic E-state index is -0.319. The zero-order valence-corrected chi connectivity index (χ0v) is 11.7. The van der Waals surface area contributed by atoms with E-state index in [4.69, 9.17) is 10.3 Å². The molecule has 0 bridgehead atoms. The molecular weight excluding hydrogens is 275 g/mol. The molecule has 0 radical (unpaired) electrons. The van der Waals surface area contributed by atoms with E-state index in [1.54, 1.807) is 19.1 Å². The van der Waals surface area contributed by atoms with Crippen LogP contribution in [0, 0.1) is 12.7 Å². The van der Waals surface area contributed by atoms with Crippen LogP contribution in [-0.2, 0) is 11.2 Å². The van der Waals surface area contributed by atoms with Crippen LogP contribution in [0.15, 0.2) is 22.7 Å². The number of amides is 1. The first-order valence-electron chi connectivity index (χ1n) is 6.66. The molecule has 3 N–H and O–H groups in total. The fourth-order valence-electron chi connectivity index (χ4n) is 1.73. The molecule has 0 unspecified atom stereocenters. The first kappa shape index (κ1) is 15.1.